The van der Waals surface area contributed by atoms with Gasteiger partial charge in [0.05, 0.1) is 18.8 Å². The Morgan fingerprint density at radius 2 is 2.05 bits per heavy atom. The van der Waals surface area contributed by atoms with Crippen molar-refractivity contribution in [3.63, 3.8) is 0 Å². The molecule has 0 radical (unpaired) electrons. The van der Waals surface area contributed by atoms with Crippen molar-refractivity contribution in [2.45, 2.75) is 42.5 Å². The number of ether oxygens (including phenoxy) is 2. The molecule has 1 aromatic rings. The van der Waals surface area contributed by atoms with Crippen LogP contribution < -0.4 is 0 Å². The quantitative estimate of drug-likeness (QED) is 0.707. The van der Waals surface area contributed by atoms with Crippen LogP contribution in [0.5, 0.6) is 0 Å². The van der Waals surface area contributed by atoms with E-state index in [2.05, 4.69) is 6.58 Å². The summed E-state index contributed by atoms with van der Waals surface area (Å²) in [6.07, 6.45) is -1.63. The van der Waals surface area contributed by atoms with Gasteiger partial charge in [-0.2, -0.15) is 0 Å². The predicted molar refractivity (Wildman–Crippen MR) is 75.6 cm³/mol. The van der Waals surface area contributed by atoms with Crippen molar-refractivity contribution < 1.29 is 24.8 Å². The van der Waals surface area contributed by atoms with Crippen LogP contribution in [0.4, 0.5) is 0 Å². The van der Waals surface area contributed by atoms with Crippen LogP contribution in [0.3, 0.4) is 0 Å². The molecule has 6 atom stereocenters. The van der Waals surface area contributed by atoms with Gasteiger partial charge in [-0.25, -0.2) is 0 Å². The SMILES string of the molecule is C=CCO[C@H]1C[C@H](O)[C@@]2(O)C(c3ccccc3)C(O)[C@H]2O1. The van der Waals surface area contributed by atoms with Gasteiger partial charge in [0.25, 0.3) is 0 Å². The van der Waals surface area contributed by atoms with Crippen molar-refractivity contribution in [3.05, 3.63) is 48.6 Å². The van der Waals surface area contributed by atoms with Gasteiger partial charge >= 0.3 is 0 Å². The predicted octanol–water partition coefficient (Wildman–Crippen LogP) is 0.554. The third-order valence-electron chi connectivity index (χ3n) is 4.41. The standard InChI is InChI=1S/C16H20O5/c1-2-8-20-12-9-11(17)16(19)13(14(18)15(16)21-12)10-6-4-3-5-7-10/h2-7,11-15,17-19H,1,8-9H2/t11-,12+,13?,14?,15+,16+/m0/s1. The molecule has 3 rings (SSSR count). The first-order valence-corrected chi connectivity index (χ1v) is 7.10. The van der Waals surface area contributed by atoms with E-state index < -0.39 is 36.1 Å². The van der Waals surface area contributed by atoms with Crippen LogP contribution in [0.1, 0.15) is 17.9 Å². The molecule has 1 saturated heterocycles. The van der Waals surface area contributed by atoms with Gasteiger partial charge in [-0.1, -0.05) is 36.4 Å². The molecule has 0 spiro atoms. The fourth-order valence-electron chi connectivity index (χ4n) is 3.36. The summed E-state index contributed by atoms with van der Waals surface area (Å²) < 4.78 is 11.0. The monoisotopic (exact) mass is 292 g/mol. The smallest absolute Gasteiger partial charge is 0.161 e. The third kappa shape index (κ3) is 2.22. The first-order chi connectivity index (χ1) is 10.1. The van der Waals surface area contributed by atoms with Gasteiger partial charge in [0, 0.05) is 12.3 Å². The van der Waals surface area contributed by atoms with Crippen molar-refractivity contribution in [1.29, 1.82) is 0 Å². The molecule has 0 amide bonds. The Kier molecular flexibility index (Phi) is 3.86. The summed E-state index contributed by atoms with van der Waals surface area (Å²) in [6.45, 7) is 3.84. The summed E-state index contributed by atoms with van der Waals surface area (Å²) in [5.74, 6) is -0.556. The van der Waals surface area contributed by atoms with E-state index in [1.807, 2.05) is 30.3 Å². The fraction of sp³-hybridized carbons (Fsp3) is 0.500. The Morgan fingerprint density at radius 3 is 2.71 bits per heavy atom. The zero-order valence-electron chi connectivity index (χ0n) is 11.6. The molecule has 2 fully saturated rings. The molecule has 2 unspecified atom stereocenters. The van der Waals surface area contributed by atoms with Gasteiger partial charge in [0.2, 0.25) is 0 Å². The first-order valence-electron chi connectivity index (χ1n) is 7.10. The lowest BCUT2D eigenvalue weighted by molar-refractivity contribution is -0.358. The van der Waals surface area contributed by atoms with E-state index in [0.29, 0.717) is 6.61 Å². The Labute approximate surface area is 123 Å². The molecular weight excluding hydrogens is 272 g/mol. The normalized spacial score (nSPS) is 42.0. The van der Waals surface area contributed by atoms with E-state index >= 15 is 0 Å². The van der Waals surface area contributed by atoms with Crippen molar-refractivity contribution >= 4 is 0 Å². The topological polar surface area (TPSA) is 79.2 Å². The van der Waals surface area contributed by atoms with E-state index in [9.17, 15) is 15.3 Å². The minimum Gasteiger partial charge on any atom is -0.390 e. The highest BCUT2D eigenvalue weighted by atomic mass is 16.7. The average Bonchev–Trinajstić information content (AvgIpc) is 2.49. The first kappa shape index (κ1) is 14.7. The van der Waals surface area contributed by atoms with Gasteiger partial charge in [-0.05, 0) is 5.56 Å². The number of benzene rings is 1. The van der Waals surface area contributed by atoms with Crippen LogP contribution >= 0.6 is 0 Å². The van der Waals surface area contributed by atoms with Gasteiger partial charge < -0.3 is 24.8 Å². The number of hydrogen-bond acceptors (Lipinski definition) is 5. The molecule has 1 aromatic carbocycles. The molecule has 3 N–H and O–H groups in total. The van der Waals surface area contributed by atoms with E-state index in [1.54, 1.807) is 6.08 Å². The molecule has 21 heavy (non-hydrogen) atoms. The van der Waals surface area contributed by atoms with Crippen LogP contribution in [0.25, 0.3) is 0 Å². The van der Waals surface area contributed by atoms with E-state index in [0.717, 1.165) is 5.56 Å². The molecule has 1 aliphatic heterocycles. The minimum atomic E-state index is -1.48. The van der Waals surface area contributed by atoms with E-state index in [1.165, 1.54) is 0 Å². The van der Waals surface area contributed by atoms with Crippen LogP contribution in [-0.2, 0) is 9.47 Å². The molecule has 1 saturated carbocycles. The summed E-state index contributed by atoms with van der Waals surface area (Å²) in [5, 5.41) is 31.5. The Balaban J connectivity index is 1.80. The Bertz CT molecular complexity index is 505. The lowest BCUT2D eigenvalue weighted by atomic mass is 9.57. The highest BCUT2D eigenvalue weighted by Gasteiger charge is 2.68. The van der Waals surface area contributed by atoms with Gasteiger partial charge in [0.1, 0.15) is 11.7 Å². The molecule has 114 valence electrons. The van der Waals surface area contributed by atoms with Crippen molar-refractivity contribution in [1.82, 2.24) is 0 Å². The van der Waals surface area contributed by atoms with Crippen molar-refractivity contribution in [2.24, 2.45) is 0 Å². The minimum absolute atomic E-state index is 0.164. The molecule has 5 nitrogen and oxygen atoms in total. The van der Waals surface area contributed by atoms with Crippen LogP contribution in [0, 0.1) is 0 Å². The molecule has 1 aliphatic carbocycles. The van der Waals surface area contributed by atoms with Crippen molar-refractivity contribution in [3.8, 4) is 0 Å². The second-order valence-electron chi connectivity index (χ2n) is 5.63. The summed E-state index contributed by atoms with van der Waals surface area (Å²) in [7, 11) is 0. The maximum Gasteiger partial charge on any atom is 0.161 e. The lowest BCUT2D eigenvalue weighted by Gasteiger charge is -2.60. The maximum absolute atomic E-state index is 10.8. The summed E-state index contributed by atoms with van der Waals surface area (Å²) >= 11 is 0. The highest BCUT2D eigenvalue weighted by Crippen LogP contribution is 2.53. The molecule has 1 heterocycles. The zero-order valence-corrected chi connectivity index (χ0v) is 11.6. The fourth-order valence-corrected chi connectivity index (χ4v) is 3.36. The largest absolute Gasteiger partial charge is 0.390 e. The molecule has 2 aliphatic rings. The Hall–Kier alpha value is -1.24. The van der Waals surface area contributed by atoms with Crippen LogP contribution in [-0.4, -0.2) is 52.1 Å². The summed E-state index contributed by atoms with van der Waals surface area (Å²) in [4.78, 5) is 0. The number of rotatable bonds is 4. The maximum atomic E-state index is 10.8. The Morgan fingerprint density at radius 1 is 1.33 bits per heavy atom. The molecule has 0 aromatic heterocycles. The molecule has 0 bridgehead atoms. The van der Waals surface area contributed by atoms with E-state index in [4.69, 9.17) is 9.47 Å². The molecule has 5 heteroatoms. The zero-order chi connectivity index (χ0) is 15.0. The second kappa shape index (κ2) is 5.51. The summed E-state index contributed by atoms with van der Waals surface area (Å²) in [6, 6.07) is 9.20. The lowest BCUT2D eigenvalue weighted by Crippen LogP contribution is -2.77. The second-order valence-corrected chi connectivity index (χ2v) is 5.63. The number of hydrogen-bond donors (Lipinski definition) is 3. The van der Waals surface area contributed by atoms with Gasteiger partial charge in [0.15, 0.2) is 6.29 Å². The number of fused-ring (bicyclic) bond motifs is 1. The summed E-state index contributed by atoms with van der Waals surface area (Å²) in [5.41, 5.74) is -0.689. The highest BCUT2D eigenvalue weighted by molar-refractivity contribution is 5.34. The van der Waals surface area contributed by atoms with Gasteiger partial charge in [-0.3, -0.25) is 0 Å². The van der Waals surface area contributed by atoms with Crippen molar-refractivity contribution in [2.75, 3.05) is 6.61 Å². The average molecular weight is 292 g/mol. The number of aliphatic hydroxyl groups is 3. The number of aliphatic hydroxyl groups excluding tert-OH is 2. The molecular formula is C16H20O5. The third-order valence-corrected chi connectivity index (χ3v) is 4.41. The van der Waals surface area contributed by atoms with Crippen LogP contribution in [0.2, 0.25) is 0 Å². The van der Waals surface area contributed by atoms with Crippen LogP contribution in [0.15, 0.2) is 43.0 Å². The van der Waals surface area contributed by atoms with Gasteiger partial charge in [-0.15, -0.1) is 6.58 Å². The van der Waals surface area contributed by atoms with E-state index in [-0.39, 0.29) is 6.42 Å².